The van der Waals surface area contributed by atoms with Crippen LogP contribution in [-0.4, -0.2) is 37.6 Å². The lowest BCUT2D eigenvalue weighted by molar-refractivity contribution is 0.0571. The number of nitrogens with one attached hydrogen (secondary N) is 1. The number of hydrogen-bond acceptors (Lipinski definition) is 2. The molecule has 0 aliphatic carbocycles. The van der Waals surface area contributed by atoms with Crippen molar-refractivity contribution in [3.63, 3.8) is 0 Å². The van der Waals surface area contributed by atoms with E-state index in [1.165, 1.54) is 64.8 Å². The minimum Gasteiger partial charge on any atom is -0.317 e. The van der Waals surface area contributed by atoms with Crippen LogP contribution in [0.1, 0.15) is 59.8 Å². The summed E-state index contributed by atoms with van der Waals surface area (Å²) in [5.41, 5.74) is 1.11. The molecule has 0 aromatic heterocycles. The van der Waals surface area contributed by atoms with Gasteiger partial charge in [-0.2, -0.15) is 0 Å². The zero-order valence-corrected chi connectivity index (χ0v) is 13.6. The first kappa shape index (κ1) is 15.3. The predicted molar refractivity (Wildman–Crippen MR) is 83.4 cm³/mol. The van der Waals surface area contributed by atoms with E-state index < -0.39 is 0 Å². The van der Waals surface area contributed by atoms with Crippen LogP contribution in [0.5, 0.6) is 0 Å². The first-order chi connectivity index (χ1) is 8.95. The van der Waals surface area contributed by atoms with Crippen molar-refractivity contribution in [2.45, 2.75) is 59.8 Å². The van der Waals surface area contributed by atoms with Crippen molar-refractivity contribution in [3.8, 4) is 0 Å². The minimum atomic E-state index is 0.503. The minimum absolute atomic E-state index is 0.503. The number of piperidine rings is 2. The summed E-state index contributed by atoms with van der Waals surface area (Å²) in [5.74, 6) is 0.925. The maximum absolute atomic E-state index is 3.52. The third kappa shape index (κ3) is 3.95. The molecule has 2 fully saturated rings. The van der Waals surface area contributed by atoms with Gasteiger partial charge in [0.05, 0.1) is 0 Å². The summed E-state index contributed by atoms with van der Waals surface area (Å²) in [6.45, 7) is 16.1. The first-order valence-corrected chi connectivity index (χ1v) is 8.38. The summed E-state index contributed by atoms with van der Waals surface area (Å²) in [7, 11) is 0. The van der Waals surface area contributed by atoms with Gasteiger partial charge in [0.2, 0.25) is 0 Å². The van der Waals surface area contributed by atoms with Crippen molar-refractivity contribution in [2.75, 3.05) is 32.7 Å². The molecule has 0 atom stereocenters. The fourth-order valence-electron chi connectivity index (χ4n) is 4.01. The van der Waals surface area contributed by atoms with Crippen LogP contribution in [0.15, 0.2) is 0 Å². The van der Waals surface area contributed by atoms with Crippen molar-refractivity contribution in [3.05, 3.63) is 0 Å². The Balaban J connectivity index is 1.84. The van der Waals surface area contributed by atoms with Crippen molar-refractivity contribution in [1.82, 2.24) is 10.2 Å². The quantitative estimate of drug-likeness (QED) is 0.841. The van der Waals surface area contributed by atoms with Crippen LogP contribution in [-0.2, 0) is 0 Å². The van der Waals surface area contributed by atoms with Gasteiger partial charge in [-0.3, -0.25) is 0 Å². The van der Waals surface area contributed by atoms with E-state index in [1.807, 2.05) is 0 Å². The molecule has 0 unspecified atom stereocenters. The van der Waals surface area contributed by atoms with Gasteiger partial charge in [-0.1, -0.05) is 27.7 Å². The number of hydrogen-bond donors (Lipinski definition) is 1. The van der Waals surface area contributed by atoms with Gasteiger partial charge in [0.15, 0.2) is 0 Å². The monoisotopic (exact) mass is 266 g/mol. The molecular weight excluding hydrogens is 232 g/mol. The highest BCUT2D eigenvalue weighted by atomic mass is 15.1. The molecule has 0 saturated carbocycles. The molecule has 2 heteroatoms. The van der Waals surface area contributed by atoms with E-state index >= 15 is 0 Å². The van der Waals surface area contributed by atoms with Crippen molar-refractivity contribution in [2.24, 2.45) is 16.7 Å². The van der Waals surface area contributed by atoms with E-state index in [2.05, 4.69) is 37.9 Å². The molecule has 19 heavy (non-hydrogen) atoms. The molecule has 0 aromatic carbocycles. The maximum Gasteiger partial charge on any atom is 0.00388 e. The van der Waals surface area contributed by atoms with Crippen molar-refractivity contribution in [1.29, 1.82) is 0 Å². The second-order valence-electron chi connectivity index (χ2n) is 8.02. The summed E-state index contributed by atoms with van der Waals surface area (Å²) >= 11 is 0. The van der Waals surface area contributed by atoms with Gasteiger partial charge < -0.3 is 10.2 Å². The average molecular weight is 266 g/mol. The van der Waals surface area contributed by atoms with Crippen LogP contribution in [0.2, 0.25) is 0 Å². The van der Waals surface area contributed by atoms with Gasteiger partial charge >= 0.3 is 0 Å². The van der Waals surface area contributed by atoms with Crippen LogP contribution in [0, 0.1) is 16.7 Å². The maximum atomic E-state index is 3.52. The molecule has 2 heterocycles. The van der Waals surface area contributed by atoms with E-state index in [1.54, 1.807) is 0 Å². The number of nitrogens with zero attached hydrogens (tertiary/aromatic N) is 1. The number of rotatable bonds is 3. The molecule has 2 saturated heterocycles. The molecule has 112 valence electrons. The molecular formula is C17H34N2. The van der Waals surface area contributed by atoms with Gasteiger partial charge in [0.25, 0.3) is 0 Å². The fraction of sp³-hybridized carbons (Fsp3) is 1.00. The zero-order valence-electron chi connectivity index (χ0n) is 13.6. The topological polar surface area (TPSA) is 15.3 Å². The largest absolute Gasteiger partial charge is 0.317 e. The number of likely N-dealkylation sites (tertiary alicyclic amines) is 1. The molecule has 0 bridgehead atoms. The summed E-state index contributed by atoms with van der Waals surface area (Å²) in [6.07, 6.45) is 6.92. The lowest BCUT2D eigenvalue weighted by Crippen LogP contribution is -2.47. The SMILES string of the molecule is CCC1(CN2CCC(C(C)(C)C)CC2)CCNCC1. The normalized spacial score (nSPS) is 26.5. The standard InChI is InChI=1S/C17H34N2/c1-5-17(8-10-18-11-9-17)14-19-12-6-15(7-13-19)16(2,3)4/h15,18H,5-14H2,1-4H3. The highest BCUT2D eigenvalue weighted by Crippen LogP contribution is 2.37. The van der Waals surface area contributed by atoms with Crippen LogP contribution in [0.25, 0.3) is 0 Å². The third-order valence-corrected chi connectivity index (χ3v) is 5.79. The highest BCUT2D eigenvalue weighted by molar-refractivity contribution is 4.89. The summed E-state index contributed by atoms with van der Waals surface area (Å²) < 4.78 is 0. The lowest BCUT2D eigenvalue weighted by Gasteiger charge is -2.45. The smallest absolute Gasteiger partial charge is 0.00388 e. The summed E-state index contributed by atoms with van der Waals surface area (Å²) in [5, 5.41) is 3.52. The molecule has 0 spiro atoms. The third-order valence-electron chi connectivity index (χ3n) is 5.79. The zero-order chi connectivity index (χ0) is 13.9. The Bertz CT molecular complexity index is 265. The van der Waals surface area contributed by atoms with Gasteiger partial charge in [-0.05, 0) is 75.0 Å². The van der Waals surface area contributed by atoms with E-state index in [9.17, 15) is 0 Å². The summed E-state index contributed by atoms with van der Waals surface area (Å²) in [4.78, 5) is 2.76. The molecule has 2 nitrogen and oxygen atoms in total. The Labute approximate surface area is 120 Å². The van der Waals surface area contributed by atoms with E-state index in [4.69, 9.17) is 0 Å². The highest BCUT2D eigenvalue weighted by Gasteiger charge is 2.35. The van der Waals surface area contributed by atoms with E-state index in [0.29, 0.717) is 10.8 Å². The van der Waals surface area contributed by atoms with Crippen molar-refractivity contribution < 1.29 is 0 Å². The predicted octanol–water partition coefficient (Wildman–Crippen LogP) is 3.52. The Kier molecular flexibility index (Phi) is 4.94. The van der Waals surface area contributed by atoms with Gasteiger partial charge in [0, 0.05) is 6.54 Å². The van der Waals surface area contributed by atoms with E-state index in [-0.39, 0.29) is 0 Å². The molecule has 0 amide bonds. The Hall–Kier alpha value is -0.0800. The van der Waals surface area contributed by atoms with Crippen LogP contribution in [0.3, 0.4) is 0 Å². The Morgan fingerprint density at radius 3 is 2.16 bits per heavy atom. The fourth-order valence-corrected chi connectivity index (χ4v) is 4.01. The lowest BCUT2D eigenvalue weighted by atomic mass is 9.73. The van der Waals surface area contributed by atoms with Gasteiger partial charge in [-0.25, -0.2) is 0 Å². The molecule has 0 radical (unpaired) electrons. The second-order valence-corrected chi connectivity index (χ2v) is 8.02. The van der Waals surface area contributed by atoms with Crippen LogP contribution in [0.4, 0.5) is 0 Å². The average Bonchev–Trinajstić information content (AvgIpc) is 2.39. The van der Waals surface area contributed by atoms with Crippen molar-refractivity contribution >= 4 is 0 Å². The van der Waals surface area contributed by atoms with Gasteiger partial charge in [-0.15, -0.1) is 0 Å². The first-order valence-electron chi connectivity index (χ1n) is 8.38. The van der Waals surface area contributed by atoms with Crippen LogP contribution >= 0.6 is 0 Å². The van der Waals surface area contributed by atoms with Gasteiger partial charge in [0.1, 0.15) is 0 Å². The molecule has 2 aliphatic rings. The summed E-state index contributed by atoms with van der Waals surface area (Å²) in [6, 6.07) is 0. The second kappa shape index (κ2) is 6.13. The molecule has 0 aromatic rings. The van der Waals surface area contributed by atoms with E-state index in [0.717, 1.165) is 5.92 Å². The van der Waals surface area contributed by atoms with Crippen LogP contribution < -0.4 is 5.32 Å². The Morgan fingerprint density at radius 2 is 1.68 bits per heavy atom. The molecule has 1 N–H and O–H groups in total. The Morgan fingerprint density at radius 1 is 1.11 bits per heavy atom. The molecule has 2 rings (SSSR count). The molecule has 2 aliphatic heterocycles.